The van der Waals surface area contributed by atoms with Crippen molar-refractivity contribution >= 4 is 6.03 Å². The van der Waals surface area contributed by atoms with Gasteiger partial charge in [-0.3, -0.25) is 5.43 Å². The first-order valence-corrected chi connectivity index (χ1v) is 4.57. The first kappa shape index (κ1) is 9.32. The van der Waals surface area contributed by atoms with E-state index in [9.17, 15) is 4.79 Å². The summed E-state index contributed by atoms with van der Waals surface area (Å²) in [5.74, 6) is 5.59. The van der Waals surface area contributed by atoms with Gasteiger partial charge in [0.1, 0.15) is 0 Å². The quantitative estimate of drug-likeness (QED) is 0.326. The Morgan fingerprint density at radius 2 is 2.00 bits per heavy atom. The fourth-order valence-corrected chi connectivity index (χ4v) is 1.68. The maximum absolute atomic E-state index is 10.7. The average Bonchev–Trinajstić information content (AvgIpc) is 2.16. The van der Waals surface area contributed by atoms with Crippen LogP contribution in [0.25, 0.3) is 0 Å². The Kier molecular flexibility index (Phi) is 3.87. The van der Waals surface area contributed by atoms with Crippen molar-refractivity contribution in [1.29, 1.82) is 0 Å². The molecule has 1 aliphatic carbocycles. The SMILES string of the molecule is NNC(=O)NCC1CCCCC1. The Balaban J connectivity index is 2.09. The molecule has 0 heterocycles. The van der Waals surface area contributed by atoms with Gasteiger partial charge in [-0.05, 0) is 18.8 Å². The lowest BCUT2D eigenvalue weighted by atomic mass is 9.89. The third-order valence-electron chi connectivity index (χ3n) is 2.41. The van der Waals surface area contributed by atoms with Crippen LogP contribution in [-0.4, -0.2) is 12.6 Å². The average molecular weight is 171 g/mol. The van der Waals surface area contributed by atoms with Gasteiger partial charge in [0, 0.05) is 6.54 Å². The van der Waals surface area contributed by atoms with Gasteiger partial charge in [-0.15, -0.1) is 0 Å². The highest BCUT2D eigenvalue weighted by atomic mass is 16.2. The molecule has 0 unspecified atom stereocenters. The largest absolute Gasteiger partial charge is 0.337 e. The number of carbonyl (C=O) groups excluding carboxylic acids is 1. The lowest BCUT2D eigenvalue weighted by molar-refractivity contribution is 0.236. The summed E-state index contributed by atoms with van der Waals surface area (Å²) in [4.78, 5) is 10.7. The van der Waals surface area contributed by atoms with Crippen LogP contribution in [0.1, 0.15) is 32.1 Å². The van der Waals surface area contributed by atoms with Crippen LogP contribution < -0.4 is 16.6 Å². The van der Waals surface area contributed by atoms with Gasteiger partial charge in [0.2, 0.25) is 0 Å². The number of carbonyl (C=O) groups is 1. The van der Waals surface area contributed by atoms with Crippen LogP contribution in [0.2, 0.25) is 0 Å². The molecule has 1 rings (SSSR count). The molecule has 1 aliphatic rings. The second-order valence-electron chi connectivity index (χ2n) is 3.36. The highest BCUT2D eigenvalue weighted by Gasteiger charge is 2.13. The predicted octanol–water partition coefficient (Wildman–Crippen LogP) is 0.740. The Bertz CT molecular complexity index is 143. The Hall–Kier alpha value is -0.770. The van der Waals surface area contributed by atoms with Gasteiger partial charge in [0.05, 0.1) is 0 Å². The highest BCUT2D eigenvalue weighted by Crippen LogP contribution is 2.22. The molecule has 0 aromatic heterocycles. The lowest BCUT2D eigenvalue weighted by Gasteiger charge is -2.21. The number of urea groups is 1. The van der Waals surface area contributed by atoms with Crippen molar-refractivity contribution < 1.29 is 4.79 Å². The number of hydrazine groups is 1. The van der Waals surface area contributed by atoms with Crippen molar-refractivity contribution in [3.63, 3.8) is 0 Å². The number of hydrogen-bond donors (Lipinski definition) is 3. The van der Waals surface area contributed by atoms with Crippen LogP contribution >= 0.6 is 0 Å². The summed E-state index contributed by atoms with van der Waals surface area (Å²) in [6.45, 7) is 0.767. The molecule has 0 spiro atoms. The van der Waals surface area contributed by atoms with Crippen LogP contribution in [-0.2, 0) is 0 Å². The molecule has 0 saturated heterocycles. The molecule has 4 heteroatoms. The van der Waals surface area contributed by atoms with E-state index in [1.807, 2.05) is 0 Å². The monoisotopic (exact) mass is 171 g/mol. The molecule has 0 atom stereocenters. The van der Waals surface area contributed by atoms with Gasteiger partial charge in [-0.1, -0.05) is 19.3 Å². The molecular weight excluding hydrogens is 154 g/mol. The highest BCUT2D eigenvalue weighted by molar-refractivity contribution is 5.72. The minimum Gasteiger partial charge on any atom is -0.337 e. The second kappa shape index (κ2) is 4.98. The molecule has 70 valence electrons. The smallest absolute Gasteiger partial charge is 0.328 e. The zero-order chi connectivity index (χ0) is 8.81. The minimum absolute atomic E-state index is 0.277. The number of rotatable bonds is 2. The summed E-state index contributed by atoms with van der Waals surface area (Å²) in [5.41, 5.74) is 2.05. The zero-order valence-electron chi connectivity index (χ0n) is 7.31. The van der Waals surface area contributed by atoms with E-state index in [1.165, 1.54) is 32.1 Å². The van der Waals surface area contributed by atoms with E-state index >= 15 is 0 Å². The predicted molar refractivity (Wildman–Crippen MR) is 47.3 cm³/mol. The van der Waals surface area contributed by atoms with Crippen LogP contribution in [0.4, 0.5) is 4.79 Å². The van der Waals surface area contributed by atoms with Gasteiger partial charge < -0.3 is 5.32 Å². The third kappa shape index (κ3) is 3.09. The number of nitrogens with two attached hydrogens (primary N) is 1. The summed E-state index contributed by atoms with van der Waals surface area (Å²) >= 11 is 0. The summed E-state index contributed by atoms with van der Waals surface area (Å²) in [6.07, 6.45) is 6.43. The van der Waals surface area contributed by atoms with Crippen LogP contribution in [0.5, 0.6) is 0 Å². The Labute approximate surface area is 72.9 Å². The summed E-state index contributed by atoms with van der Waals surface area (Å²) in [7, 11) is 0. The Morgan fingerprint density at radius 3 is 2.58 bits per heavy atom. The van der Waals surface area contributed by atoms with Crippen molar-refractivity contribution in [3.8, 4) is 0 Å². The zero-order valence-corrected chi connectivity index (χ0v) is 7.31. The van der Waals surface area contributed by atoms with Crippen molar-refractivity contribution in [1.82, 2.24) is 10.7 Å². The van der Waals surface area contributed by atoms with E-state index in [-0.39, 0.29) is 6.03 Å². The molecule has 4 nitrogen and oxygen atoms in total. The second-order valence-corrected chi connectivity index (χ2v) is 3.36. The number of hydrogen-bond acceptors (Lipinski definition) is 2. The molecule has 2 amide bonds. The van der Waals surface area contributed by atoms with E-state index < -0.39 is 0 Å². The first-order chi connectivity index (χ1) is 5.83. The van der Waals surface area contributed by atoms with Gasteiger partial charge in [-0.25, -0.2) is 10.6 Å². The summed E-state index contributed by atoms with van der Waals surface area (Å²) < 4.78 is 0. The van der Waals surface area contributed by atoms with Crippen molar-refractivity contribution in [2.45, 2.75) is 32.1 Å². The standard InChI is InChI=1S/C8H17N3O/c9-11-8(12)10-6-7-4-2-1-3-5-7/h7H,1-6,9H2,(H2,10,11,12). The third-order valence-corrected chi connectivity index (χ3v) is 2.41. The molecule has 0 aromatic rings. The van der Waals surface area contributed by atoms with E-state index in [1.54, 1.807) is 0 Å². The molecule has 1 fully saturated rings. The van der Waals surface area contributed by atoms with Crippen LogP contribution in [0.15, 0.2) is 0 Å². The van der Waals surface area contributed by atoms with Crippen molar-refractivity contribution in [2.24, 2.45) is 11.8 Å². The number of amides is 2. The van der Waals surface area contributed by atoms with E-state index in [0.29, 0.717) is 5.92 Å². The summed E-state index contributed by atoms with van der Waals surface area (Å²) in [6, 6.07) is -0.277. The van der Waals surface area contributed by atoms with Crippen molar-refractivity contribution in [3.05, 3.63) is 0 Å². The van der Waals surface area contributed by atoms with Crippen LogP contribution in [0, 0.1) is 5.92 Å². The molecule has 1 saturated carbocycles. The Morgan fingerprint density at radius 1 is 1.33 bits per heavy atom. The van der Waals surface area contributed by atoms with E-state index in [2.05, 4.69) is 10.7 Å². The molecule has 0 aromatic carbocycles. The summed E-state index contributed by atoms with van der Waals surface area (Å²) in [5, 5.41) is 2.73. The number of nitrogens with one attached hydrogen (secondary N) is 2. The van der Waals surface area contributed by atoms with Crippen molar-refractivity contribution in [2.75, 3.05) is 6.54 Å². The normalized spacial score (nSPS) is 18.8. The van der Waals surface area contributed by atoms with Gasteiger partial charge in [0.25, 0.3) is 0 Å². The van der Waals surface area contributed by atoms with Crippen LogP contribution in [0.3, 0.4) is 0 Å². The van der Waals surface area contributed by atoms with Gasteiger partial charge >= 0.3 is 6.03 Å². The molecule has 0 bridgehead atoms. The lowest BCUT2D eigenvalue weighted by Crippen LogP contribution is -2.42. The molecule has 0 radical (unpaired) electrons. The molecular formula is C8H17N3O. The maximum Gasteiger partial charge on any atom is 0.328 e. The fourth-order valence-electron chi connectivity index (χ4n) is 1.68. The maximum atomic E-state index is 10.7. The topological polar surface area (TPSA) is 67.1 Å². The van der Waals surface area contributed by atoms with E-state index in [0.717, 1.165) is 6.54 Å². The molecule has 0 aliphatic heterocycles. The first-order valence-electron chi connectivity index (χ1n) is 4.57. The fraction of sp³-hybridized carbons (Fsp3) is 0.875. The minimum atomic E-state index is -0.277. The molecule has 12 heavy (non-hydrogen) atoms. The van der Waals surface area contributed by atoms with Gasteiger partial charge in [0.15, 0.2) is 0 Å². The van der Waals surface area contributed by atoms with Gasteiger partial charge in [-0.2, -0.15) is 0 Å². The van der Waals surface area contributed by atoms with E-state index in [4.69, 9.17) is 5.84 Å². The molecule has 4 N–H and O–H groups in total.